The number of nitrogens with one attached hydrogen (secondary N) is 2. The average Bonchev–Trinajstić information content (AvgIpc) is 2.66. The van der Waals surface area contributed by atoms with Gasteiger partial charge < -0.3 is 10.6 Å². The van der Waals surface area contributed by atoms with Gasteiger partial charge in [0.1, 0.15) is 0 Å². The second-order valence-electron chi connectivity index (χ2n) is 5.02. The summed E-state index contributed by atoms with van der Waals surface area (Å²) >= 11 is 0. The fourth-order valence-electron chi connectivity index (χ4n) is 1.40. The second kappa shape index (κ2) is 5.82. The smallest absolute Gasteiger partial charge is 0.233 e. The highest BCUT2D eigenvalue weighted by Crippen LogP contribution is 2.12. The number of likely N-dealkylation sites (N-methyl/N-ethyl adjacent to an activating group) is 1. The normalized spacial score (nSPS) is 11.5. The number of aromatic nitrogens is 2. The van der Waals surface area contributed by atoms with Crippen molar-refractivity contribution in [1.29, 1.82) is 0 Å². The lowest BCUT2D eigenvalue weighted by Crippen LogP contribution is -2.33. The molecule has 1 heterocycles. The third-order valence-corrected chi connectivity index (χ3v) is 2.31. The van der Waals surface area contributed by atoms with E-state index in [0.29, 0.717) is 19.6 Å². The molecule has 0 saturated heterocycles. The molecular weight excluding hydrogens is 216 g/mol. The molecule has 96 valence electrons. The van der Waals surface area contributed by atoms with E-state index in [2.05, 4.69) is 36.5 Å². The summed E-state index contributed by atoms with van der Waals surface area (Å²) in [6.45, 7) is 9.89. The van der Waals surface area contributed by atoms with Crippen molar-refractivity contribution in [3.8, 4) is 0 Å². The maximum Gasteiger partial charge on any atom is 0.233 e. The quantitative estimate of drug-likeness (QED) is 0.800. The molecule has 0 aliphatic rings. The molecule has 2 N–H and O–H groups in total. The van der Waals surface area contributed by atoms with Crippen molar-refractivity contribution in [1.82, 2.24) is 20.4 Å². The van der Waals surface area contributed by atoms with Crippen LogP contribution in [-0.4, -0.2) is 28.8 Å². The van der Waals surface area contributed by atoms with E-state index in [9.17, 15) is 4.79 Å². The minimum Gasteiger partial charge on any atom is -0.355 e. The van der Waals surface area contributed by atoms with Crippen molar-refractivity contribution in [3.63, 3.8) is 0 Å². The maximum absolute atomic E-state index is 11.2. The van der Waals surface area contributed by atoms with E-state index in [1.165, 1.54) is 0 Å². The van der Waals surface area contributed by atoms with Gasteiger partial charge in [-0.3, -0.25) is 9.48 Å². The lowest BCUT2D eigenvalue weighted by atomic mass is 10.1. The Bertz CT molecular complexity index is 365. The number of rotatable bonds is 5. The Hall–Kier alpha value is -1.36. The highest BCUT2D eigenvalue weighted by molar-refractivity contribution is 5.77. The van der Waals surface area contributed by atoms with Crippen molar-refractivity contribution in [3.05, 3.63) is 18.0 Å². The molecule has 5 heteroatoms. The Morgan fingerprint density at radius 2 is 2.18 bits per heavy atom. The van der Waals surface area contributed by atoms with E-state index in [4.69, 9.17) is 0 Å². The van der Waals surface area contributed by atoms with E-state index >= 15 is 0 Å². The van der Waals surface area contributed by atoms with Gasteiger partial charge in [0, 0.05) is 24.8 Å². The number of carbonyl (C=O) groups excluding carboxylic acids is 1. The zero-order valence-electron chi connectivity index (χ0n) is 11.1. The first-order chi connectivity index (χ1) is 7.93. The van der Waals surface area contributed by atoms with Crippen molar-refractivity contribution in [2.75, 3.05) is 13.1 Å². The van der Waals surface area contributed by atoms with Crippen LogP contribution in [0, 0.1) is 0 Å². The van der Waals surface area contributed by atoms with Crippen molar-refractivity contribution < 1.29 is 4.79 Å². The monoisotopic (exact) mass is 238 g/mol. The topological polar surface area (TPSA) is 59.0 Å². The summed E-state index contributed by atoms with van der Waals surface area (Å²) < 4.78 is 1.93. The van der Waals surface area contributed by atoms with Gasteiger partial charge in [0.15, 0.2) is 0 Å². The van der Waals surface area contributed by atoms with Gasteiger partial charge in [-0.25, -0.2) is 0 Å². The molecule has 1 aromatic rings. The van der Waals surface area contributed by atoms with Crippen molar-refractivity contribution in [2.45, 2.75) is 39.8 Å². The first-order valence-electron chi connectivity index (χ1n) is 5.95. The number of nitrogens with zero attached hydrogens (tertiary/aromatic N) is 2. The van der Waals surface area contributed by atoms with E-state index in [-0.39, 0.29) is 11.4 Å². The van der Waals surface area contributed by atoms with Crippen LogP contribution in [0.15, 0.2) is 12.4 Å². The summed E-state index contributed by atoms with van der Waals surface area (Å²) in [5.74, 6) is 0.0238. The molecule has 0 unspecified atom stereocenters. The average molecular weight is 238 g/mol. The summed E-state index contributed by atoms with van der Waals surface area (Å²) in [7, 11) is 0. The Balaban J connectivity index is 2.38. The van der Waals surface area contributed by atoms with Gasteiger partial charge in [0.2, 0.25) is 5.91 Å². The van der Waals surface area contributed by atoms with Crippen LogP contribution in [0.4, 0.5) is 0 Å². The molecule has 0 atom stereocenters. The second-order valence-corrected chi connectivity index (χ2v) is 5.02. The molecule has 0 aliphatic heterocycles. The number of hydrogen-bond acceptors (Lipinski definition) is 3. The van der Waals surface area contributed by atoms with Gasteiger partial charge in [-0.1, -0.05) is 0 Å². The molecule has 1 aromatic heterocycles. The van der Waals surface area contributed by atoms with E-state index in [1.54, 1.807) is 0 Å². The number of hydrogen-bond donors (Lipinski definition) is 2. The zero-order chi connectivity index (χ0) is 12.9. The summed E-state index contributed by atoms with van der Waals surface area (Å²) in [5.41, 5.74) is 1.09. The Morgan fingerprint density at radius 3 is 2.71 bits per heavy atom. The largest absolute Gasteiger partial charge is 0.355 e. The predicted molar refractivity (Wildman–Crippen MR) is 67.6 cm³/mol. The maximum atomic E-state index is 11.2. The molecule has 1 amide bonds. The van der Waals surface area contributed by atoms with Crippen LogP contribution in [-0.2, 0) is 16.9 Å². The van der Waals surface area contributed by atoms with Gasteiger partial charge in [0.05, 0.1) is 18.3 Å². The fourth-order valence-corrected chi connectivity index (χ4v) is 1.40. The minimum absolute atomic E-state index is 0.00215. The molecule has 0 aliphatic carbocycles. The zero-order valence-corrected chi connectivity index (χ0v) is 11.1. The van der Waals surface area contributed by atoms with E-state index in [0.717, 1.165) is 5.56 Å². The third-order valence-electron chi connectivity index (χ3n) is 2.31. The lowest BCUT2D eigenvalue weighted by Gasteiger charge is -2.18. The molecule has 1 rings (SSSR count). The third kappa shape index (κ3) is 4.56. The Kier molecular flexibility index (Phi) is 4.69. The molecule has 0 radical (unpaired) electrons. The minimum atomic E-state index is -0.00215. The Morgan fingerprint density at radius 1 is 1.47 bits per heavy atom. The van der Waals surface area contributed by atoms with Crippen LogP contribution >= 0.6 is 0 Å². The molecular formula is C12H22N4O. The van der Waals surface area contributed by atoms with E-state index < -0.39 is 0 Å². The molecule has 0 bridgehead atoms. The highest BCUT2D eigenvalue weighted by atomic mass is 16.1. The number of carbonyl (C=O) groups is 1. The molecule has 0 spiro atoms. The Labute approximate surface area is 103 Å². The number of amides is 1. The summed E-state index contributed by atoms with van der Waals surface area (Å²) in [6, 6.07) is 0. The van der Waals surface area contributed by atoms with Crippen LogP contribution in [0.3, 0.4) is 0 Å². The molecule has 0 aromatic carbocycles. The summed E-state index contributed by atoms with van der Waals surface area (Å²) in [6.07, 6.45) is 3.83. The first kappa shape index (κ1) is 13.7. The van der Waals surface area contributed by atoms with Gasteiger partial charge >= 0.3 is 0 Å². The first-order valence-corrected chi connectivity index (χ1v) is 5.95. The van der Waals surface area contributed by atoms with Crippen molar-refractivity contribution >= 4 is 5.91 Å². The van der Waals surface area contributed by atoms with Gasteiger partial charge in [0.25, 0.3) is 0 Å². The van der Waals surface area contributed by atoms with Gasteiger partial charge in [-0.2, -0.15) is 5.10 Å². The summed E-state index contributed by atoms with van der Waals surface area (Å²) in [4.78, 5) is 11.2. The molecule has 0 saturated carbocycles. The van der Waals surface area contributed by atoms with E-state index in [1.807, 2.05) is 24.0 Å². The molecule has 0 fully saturated rings. The summed E-state index contributed by atoms with van der Waals surface area (Å²) in [5, 5.41) is 10.1. The SMILES string of the molecule is CCNC(=O)CNCc1cnn(C(C)(C)C)c1. The standard InChI is InChI=1S/C12H22N4O/c1-5-14-11(17)8-13-6-10-7-15-16(9-10)12(2,3)4/h7,9,13H,5-6,8H2,1-4H3,(H,14,17). The van der Waals surface area contributed by atoms with Crippen LogP contribution in [0.5, 0.6) is 0 Å². The predicted octanol–water partition coefficient (Wildman–Crippen LogP) is 0.864. The fraction of sp³-hybridized carbons (Fsp3) is 0.667. The highest BCUT2D eigenvalue weighted by Gasteiger charge is 2.13. The van der Waals surface area contributed by atoms with Crippen molar-refractivity contribution in [2.24, 2.45) is 0 Å². The van der Waals surface area contributed by atoms with Gasteiger partial charge in [-0.05, 0) is 27.7 Å². The lowest BCUT2D eigenvalue weighted by molar-refractivity contribution is -0.120. The van der Waals surface area contributed by atoms with Crippen LogP contribution in [0.2, 0.25) is 0 Å². The molecule has 17 heavy (non-hydrogen) atoms. The van der Waals surface area contributed by atoms with Crippen LogP contribution in [0.1, 0.15) is 33.3 Å². The van der Waals surface area contributed by atoms with Gasteiger partial charge in [-0.15, -0.1) is 0 Å². The van der Waals surface area contributed by atoms with Crippen LogP contribution < -0.4 is 10.6 Å². The molecule has 5 nitrogen and oxygen atoms in total. The van der Waals surface area contributed by atoms with Crippen LogP contribution in [0.25, 0.3) is 0 Å².